The van der Waals surface area contributed by atoms with Crippen LogP contribution in [0.25, 0.3) is 12.2 Å². The van der Waals surface area contributed by atoms with Gasteiger partial charge in [-0.1, -0.05) is 25.3 Å². The largest absolute Gasteiger partial charge is 0.397 e. The molecule has 0 aliphatic carbocycles. The third-order valence-electron chi connectivity index (χ3n) is 1.73. The van der Waals surface area contributed by atoms with Crippen molar-refractivity contribution in [3.8, 4) is 0 Å². The highest BCUT2D eigenvalue weighted by Crippen LogP contribution is 2.22. The zero-order valence-electron chi connectivity index (χ0n) is 6.88. The Bertz CT molecular complexity index is 294. The zero-order chi connectivity index (χ0) is 9.14. The quantitative estimate of drug-likeness (QED) is 0.651. The highest BCUT2D eigenvalue weighted by molar-refractivity contribution is 5.75. The van der Waals surface area contributed by atoms with Crippen molar-refractivity contribution in [3.63, 3.8) is 0 Å². The van der Waals surface area contributed by atoms with Crippen molar-refractivity contribution in [2.75, 3.05) is 11.5 Å². The molecular weight excluding hydrogens is 148 g/mol. The molecule has 0 aliphatic heterocycles. The first-order valence-electron chi connectivity index (χ1n) is 3.63. The van der Waals surface area contributed by atoms with E-state index in [0.717, 1.165) is 11.1 Å². The summed E-state index contributed by atoms with van der Waals surface area (Å²) in [7, 11) is 0. The van der Waals surface area contributed by atoms with Crippen LogP contribution in [0, 0.1) is 0 Å². The molecule has 1 rings (SSSR count). The number of benzene rings is 1. The minimum absolute atomic E-state index is 0.579. The summed E-state index contributed by atoms with van der Waals surface area (Å²) in [5.74, 6) is 0. The molecule has 0 radical (unpaired) electrons. The van der Waals surface area contributed by atoms with Crippen molar-refractivity contribution in [1.29, 1.82) is 0 Å². The van der Waals surface area contributed by atoms with Gasteiger partial charge in [0.1, 0.15) is 0 Å². The SMILES string of the molecule is C=Cc1cc(N)c(N)cc1C=C. The maximum absolute atomic E-state index is 5.61. The summed E-state index contributed by atoms with van der Waals surface area (Å²) in [4.78, 5) is 0. The second kappa shape index (κ2) is 3.13. The molecule has 0 atom stereocenters. The van der Waals surface area contributed by atoms with Crippen LogP contribution in [0.3, 0.4) is 0 Å². The van der Waals surface area contributed by atoms with E-state index in [1.54, 1.807) is 24.3 Å². The summed E-state index contributed by atoms with van der Waals surface area (Å²) in [6.45, 7) is 7.33. The van der Waals surface area contributed by atoms with Gasteiger partial charge in [0.15, 0.2) is 0 Å². The molecule has 62 valence electrons. The van der Waals surface area contributed by atoms with Crippen LogP contribution in [0.1, 0.15) is 11.1 Å². The Morgan fingerprint density at radius 1 is 0.917 bits per heavy atom. The molecular formula is C10H12N2. The van der Waals surface area contributed by atoms with Gasteiger partial charge in [-0.15, -0.1) is 0 Å². The van der Waals surface area contributed by atoms with Crippen molar-refractivity contribution in [3.05, 3.63) is 36.4 Å². The first kappa shape index (κ1) is 8.40. The van der Waals surface area contributed by atoms with E-state index < -0.39 is 0 Å². The van der Waals surface area contributed by atoms with Gasteiger partial charge in [0.25, 0.3) is 0 Å². The standard InChI is InChI=1S/C10H12N2/c1-3-7-5-9(11)10(12)6-8(7)4-2/h3-6H,1-2,11-12H2. The molecule has 1 aromatic carbocycles. The van der Waals surface area contributed by atoms with Crippen LogP contribution >= 0.6 is 0 Å². The molecule has 1 aromatic rings. The van der Waals surface area contributed by atoms with Gasteiger partial charge in [-0.25, -0.2) is 0 Å². The fourth-order valence-corrected chi connectivity index (χ4v) is 1.02. The molecule has 0 heterocycles. The lowest BCUT2D eigenvalue weighted by atomic mass is 10.1. The smallest absolute Gasteiger partial charge is 0.0554 e. The minimum atomic E-state index is 0.579. The molecule has 2 nitrogen and oxygen atoms in total. The lowest BCUT2D eigenvalue weighted by Crippen LogP contribution is -1.96. The number of hydrogen-bond donors (Lipinski definition) is 2. The monoisotopic (exact) mass is 160 g/mol. The van der Waals surface area contributed by atoms with Crippen LogP contribution < -0.4 is 11.5 Å². The lowest BCUT2D eigenvalue weighted by Gasteiger charge is -2.05. The number of rotatable bonds is 2. The summed E-state index contributed by atoms with van der Waals surface area (Å²) in [6.07, 6.45) is 3.46. The van der Waals surface area contributed by atoms with Gasteiger partial charge < -0.3 is 11.5 Å². The maximum atomic E-state index is 5.61. The van der Waals surface area contributed by atoms with Crippen LogP contribution in [0.5, 0.6) is 0 Å². The minimum Gasteiger partial charge on any atom is -0.397 e. The van der Waals surface area contributed by atoms with E-state index in [2.05, 4.69) is 13.2 Å². The average molecular weight is 160 g/mol. The molecule has 4 N–H and O–H groups in total. The topological polar surface area (TPSA) is 52.0 Å². The lowest BCUT2D eigenvalue weighted by molar-refractivity contribution is 1.60. The van der Waals surface area contributed by atoms with Crippen LogP contribution in [-0.2, 0) is 0 Å². The normalized spacial score (nSPS) is 9.33. The molecule has 0 saturated carbocycles. The van der Waals surface area contributed by atoms with Crippen molar-refractivity contribution < 1.29 is 0 Å². The van der Waals surface area contributed by atoms with Crippen LogP contribution in [0.2, 0.25) is 0 Å². The first-order chi connectivity index (χ1) is 5.69. The van der Waals surface area contributed by atoms with Gasteiger partial charge in [0.2, 0.25) is 0 Å². The van der Waals surface area contributed by atoms with Crippen molar-refractivity contribution in [2.24, 2.45) is 0 Å². The summed E-state index contributed by atoms with van der Waals surface area (Å²) in [5.41, 5.74) is 14.3. The molecule has 0 aromatic heterocycles. The molecule has 0 saturated heterocycles. The summed E-state index contributed by atoms with van der Waals surface area (Å²) in [6, 6.07) is 3.58. The van der Waals surface area contributed by atoms with Gasteiger partial charge in [-0.05, 0) is 23.3 Å². The Hall–Kier alpha value is -1.70. The Kier molecular flexibility index (Phi) is 2.19. The molecule has 0 amide bonds. The van der Waals surface area contributed by atoms with Gasteiger partial charge >= 0.3 is 0 Å². The van der Waals surface area contributed by atoms with E-state index in [9.17, 15) is 0 Å². The van der Waals surface area contributed by atoms with Gasteiger partial charge in [0, 0.05) is 0 Å². The second-order valence-corrected chi connectivity index (χ2v) is 2.52. The summed E-state index contributed by atoms with van der Waals surface area (Å²) >= 11 is 0. The number of anilines is 2. The van der Waals surface area contributed by atoms with Crippen molar-refractivity contribution in [1.82, 2.24) is 0 Å². The fraction of sp³-hybridized carbons (Fsp3) is 0. The summed E-state index contributed by atoms with van der Waals surface area (Å²) < 4.78 is 0. The van der Waals surface area contributed by atoms with E-state index in [0.29, 0.717) is 11.4 Å². The zero-order valence-corrected chi connectivity index (χ0v) is 6.88. The van der Waals surface area contributed by atoms with Crippen LogP contribution in [0.4, 0.5) is 11.4 Å². The summed E-state index contributed by atoms with van der Waals surface area (Å²) in [5, 5.41) is 0. The number of hydrogen-bond acceptors (Lipinski definition) is 2. The number of nitrogens with two attached hydrogens (primary N) is 2. The van der Waals surface area contributed by atoms with Gasteiger partial charge in [0.05, 0.1) is 11.4 Å². The molecule has 0 aliphatic rings. The highest BCUT2D eigenvalue weighted by atomic mass is 14.7. The molecule has 0 unspecified atom stereocenters. The molecule has 0 spiro atoms. The van der Waals surface area contributed by atoms with E-state index in [1.165, 1.54) is 0 Å². The van der Waals surface area contributed by atoms with Crippen molar-refractivity contribution in [2.45, 2.75) is 0 Å². The molecule has 12 heavy (non-hydrogen) atoms. The van der Waals surface area contributed by atoms with Crippen LogP contribution in [0.15, 0.2) is 25.3 Å². The molecule has 0 bridgehead atoms. The average Bonchev–Trinajstić information content (AvgIpc) is 2.09. The molecule has 2 heteroatoms. The number of nitrogen functional groups attached to an aromatic ring is 2. The Morgan fingerprint density at radius 3 is 1.50 bits per heavy atom. The third kappa shape index (κ3) is 1.32. The Morgan fingerprint density at radius 2 is 1.25 bits per heavy atom. The van der Waals surface area contributed by atoms with E-state index in [-0.39, 0.29) is 0 Å². The van der Waals surface area contributed by atoms with Crippen molar-refractivity contribution >= 4 is 23.5 Å². The van der Waals surface area contributed by atoms with E-state index >= 15 is 0 Å². The predicted molar refractivity (Wildman–Crippen MR) is 55.4 cm³/mol. The Balaban J connectivity index is 3.37. The van der Waals surface area contributed by atoms with E-state index in [1.807, 2.05) is 0 Å². The van der Waals surface area contributed by atoms with Gasteiger partial charge in [-0.2, -0.15) is 0 Å². The van der Waals surface area contributed by atoms with Gasteiger partial charge in [-0.3, -0.25) is 0 Å². The highest BCUT2D eigenvalue weighted by Gasteiger charge is 1.99. The second-order valence-electron chi connectivity index (χ2n) is 2.52. The van der Waals surface area contributed by atoms with Crippen LogP contribution in [-0.4, -0.2) is 0 Å². The predicted octanol–water partition coefficient (Wildman–Crippen LogP) is 2.14. The fourth-order valence-electron chi connectivity index (χ4n) is 1.02. The van der Waals surface area contributed by atoms with E-state index in [4.69, 9.17) is 11.5 Å². The first-order valence-corrected chi connectivity index (χ1v) is 3.63. The maximum Gasteiger partial charge on any atom is 0.0554 e. The Labute approximate surface area is 72.2 Å². The third-order valence-corrected chi connectivity index (χ3v) is 1.73. The molecule has 0 fully saturated rings.